The first-order valence-corrected chi connectivity index (χ1v) is 8.44. The van der Waals surface area contributed by atoms with Gasteiger partial charge in [0, 0.05) is 19.5 Å². The third kappa shape index (κ3) is 3.47. The molecule has 1 fully saturated rings. The van der Waals surface area contributed by atoms with E-state index in [2.05, 4.69) is 15.2 Å². The normalized spacial score (nSPS) is 20.6. The molecule has 1 aliphatic heterocycles. The molecule has 110 valence electrons. The van der Waals surface area contributed by atoms with Crippen LogP contribution in [0.5, 0.6) is 0 Å². The molecule has 1 amide bonds. The van der Waals surface area contributed by atoms with Gasteiger partial charge in [0.1, 0.15) is 5.82 Å². The molecule has 1 N–H and O–H groups in total. The Morgan fingerprint density at radius 1 is 1.50 bits per heavy atom. The quantitative estimate of drug-likeness (QED) is 0.898. The van der Waals surface area contributed by atoms with Crippen molar-refractivity contribution in [2.24, 2.45) is 0 Å². The first kappa shape index (κ1) is 14.8. The van der Waals surface area contributed by atoms with E-state index >= 15 is 0 Å². The fraction of sp³-hybridized carbons (Fsp3) is 0.538. The van der Waals surface area contributed by atoms with E-state index in [0.717, 1.165) is 12.2 Å². The lowest BCUT2D eigenvalue weighted by molar-refractivity contribution is -0.114. The molecule has 0 aromatic carbocycles. The smallest absolute Gasteiger partial charge is 0.222 e. The number of aromatic nitrogens is 1. The Morgan fingerprint density at radius 3 is 2.70 bits per heavy atom. The molecule has 1 aliphatic rings. The molecule has 1 aromatic heterocycles. The molecule has 1 saturated heterocycles. The maximum absolute atomic E-state index is 11.6. The number of nitrogens with one attached hydrogen (secondary N) is 1. The van der Waals surface area contributed by atoms with Crippen molar-refractivity contribution in [1.82, 2.24) is 4.98 Å². The number of pyridine rings is 1. The van der Waals surface area contributed by atoms with Crippen LogP contribution >= 0.6 is 0 Å². The number of anilines is 2. The second kappa shape index (κ2) is 5.78. The lowest BCUT2D eigenvalue weighted by Crippen LogP contribution is -2.36. The molecule has 0 aliphatic carbocycles. The minimum absolute atomic E-state index is 0.0124. The molecule has 0 spiro atoms. The minimum atomic E-state index is -2.90. The molecule has 2 rings (SSSR count). The lowest BCUT2D eigenvalue weighted by atomic mass is 10.2. The fourth-order valence-electron chi connectivity index (χ4n) is 2.48. The Labute approximate surface area is 119 Å². The van der Waals surface area contributed by atoms with Crippen LogP contribution < -0.4 is 10.2 Å². The summed E-state index contributed by atoms with van der Waals surface area (Å²) in [4.78, 5) is 17.2. The van der Waals surface area contributed by atoms with Crippen LogP contribution in [0.15, 0.2) is 18.3 Å². The van der Waals surface area contributed by atoms with Gasteiger partial charge >= 0.3 is 0 Å². The molecule has 0 bridgehead atoms. The zero-order valence-corrected chi connectivity index (χ0v) is 12.5. The van der Waals surface area contributed by atoms with Crippen molar-refractivity contribution in [1.29, 1.82) is 0 Å². The lowest BCUT2D eigenvalue weighted by Gasteiger charge is -2.28. The van der Waals surface area contributed by atoms with Crippen LogP contribution in [-0.2, 0) is 14.6 Å². The molecular formula is C13H19N3O3S. The summed E-state index contributed by atoms with van der Waals surface area (Å²) < 4.78 is 23.2. The van der Waals surface area contributed by atoms with Crippen LogP contribution in [0.25, 0.3) is 0 Å². The molecule has 1 unspecified atom stereocenters. The average molecular weight is 297 g/mol. The highest BCUT2D eigenvalue weighted by molar-refractivity contribution is 7.91. The standard InChI is InChI=1S/C13H19N3O3S/c1-3-16(12-6-7-20(18,19)9-12)11-4-5-13(14-8-11)15-10(2)17/h4-5,8,12H,3,6-7,9H2,1-2H3,(H,14,15,17). The highest BCUT2D eigenvalue weighted by Crippen LogP contribution is 2.24. The van der Waals surface area contributed by atoms with Crippen molar-refractivity contribution >= 4 is 27.2 Å². The average Bonchev–Trinajstić information content (AvgIpc) is 2.72. The molecular weight excluding hydrogens is 278 g/mol. The summed E-state index contributed by atoms with van der Waals surface area (Å²) in [5.74, 6) is 0.788. The summed E-state index contributed by atoms with van der Waals surface area (Å²) in [7, 11) is -2.90. The van der Waals surface area contributed by atoms with E-state index in [1.807, 2.05) is 13.0 Å². The first-order valence-electron chi connectivity index (χ1n) is 6.62. The maximum Gasteiger partial charge on any atom is 0.222 e. The Hall–Kier alpha value is -1.63. The van der Waals surface area contributed by atoms with Crippen LogP contribution in [0.3, 0.4) is 0 Å². The van der Waals surface area contributed by atoms with Crippen molar-refractivity contribution in [2.45, 2.75) is 26.3 Å². The highest BCUT2D eigenvalue weighted by atomic mass is 32.2. The summed E-state index contributed by atoms with van der Waals surface area (Å²) in [6.45, 7) is 4.14. The van der Waals surface area contributed by atoms with Crippen molar-refractivity contribution in [3.8, 4) is 0 Å². The van der Waals surface area contributed by atoms with Gasteiger partial charge < -0.3 is 10.2 Å². The molecule has 0 radical (unpaired) electrons. The van der Waals surface area contributed by atoms with E-state index < -0.39 is 9.84 Å². The molecule has 1 aromatic rings. The van der Waals surface area contributed by atoms with E-state index in [9.17, 15) is 13.2 Å². The molecule has 6 nitrogen and oxygen atoms in total. The van der Waals surface area contributed by atoms with E-state index in [-0.39, 0.29) is 23.5 Å². The Bertz CT molecular complexity index is 583. The number of carbonyl (C=O) groups is 1. The van der Waals surface area contributed by atoms with E-state index in [1.165, 1.54) is 6.92 Å². The third-order valence-electron chi connectivity index (χ3n) is 3.37. The highest BCUT2D eigenvalue weighted by Gasteiger charge is 2.31. The largest absolute Gasteiger partial charge is 0.367 e. The van der Waals surface area contributed by atoms with Gasteiger partial charge in [-0.1, -0.05) is 0 Å². The van der Waals surface area contributed by atoms with Gasteiger partial charge in [-0.2, -0.15) is 0 Å². The zero-order valence-electron chi connectivity index (χ0n) is 11.7. The molecule has 0 saturated carbocycles. The summed E-state index contributed by atoms with van der Waals surface area (Å²) in [5, 5.41) is 2.61. The van der Waals surface area contributed by atoms with Crippen molar-refractivity contribution in [3.63, 3.8) is 0 Å². The molecule has 20 heavy (non-hydrogen) atoms. The maximum atomic E-state index is 11.6. The predicted octanol–water partition coefficient (Wildman–Crippen LogP) is 1.05. The van der Waals surface area contributed by atoms with E-state index in [0.29, 0.717) is 12.2 Å². The van der Waals surface area contributed by atoms with Gasteiger partial charge in [-0.3, -0.25) is 4.79 Å². The number of hydrogen-bond donors (Lipinski definition) is 1. The van der Waals surface area contributed by atoms with E-state index in [4.69, 9.17) is 0 Å². The number of carbonyl (C=O) groups excluding carboxylic acids is 1. The van der Waals surface area contributed by atoms with Gasteiger partial charge in [0.2, 0.25) is 5.91 Å². The number of sulfone groups is 1. The van der Waals surface area contributed by atoms with Gasteiger partial charge in [-0.15, -0.1) is 0 Å². The van der Waals surface area contributed by atoms with Gasteiger partial charge in [0.15, 0.2) is 9.84 Å². The van der Waals surface area contributed by atoms with Crippen LogP contribution in [0.4, 0.5) is 11.5 Å². The van der Waals surface area contributed by atoms with Gasteiger partial charge in [0.05, 0.1) is 23.4 Å². The van der Waals surface area contributed by atoms with Crippen molar-refractivity contribution in [2.75, 3.05) is 28.3 Å². The third-order valence-corrected chi connectivity index (χ3v) is 5.12. The summed E-state index contributed by atoms with van der Waals surface area (Å²) >= 11 is 0. The Kier molecular flexibility index (Phi) is 4.27. The number of amides is 1. The topological polar surface area (TPSA) is 79.4 Å². The second-order valence-corrected chi connectivity index (χ2v) is 7.15. The number of hydrogen-bond acceptors (Lipinski definition) is 5. The Morgan fingerprint density at radius 2 is 2.25 bits per heavy atom. The first-order chi connectivity index (χ1) is 9.41. The SMILES string of the molecule is CCN(c1ccc(NC(C)=O)nc1)C1CCS(=O)(=O)C1. The van der Waals surface area contributed by atoms with E-state index in [1.54, 1.807) is 12.3 Å². The fourth-order valence-corrected chi connectivity index (χ4v) is 4.21. The van der Waals surface area contributed by atoms with Crippen LogP contribution in [0.2, 0.25) is 0 Å². The van der Waals surface area contributed by atoms with Crippen LogP contribution in [0.1, 0.15) is 20.3 Å². The summed E-state index contributed by atoms with van der Waals surface area (Å²) in [6.07, 6.45) is 2.32. The molecule has 1 atom stereocenters. The Balaban J connectivity index is 2.14. The van der Waals surface area contributed by atoms with Crippen LogP contribution in [0, 0.1) is 0 Å². The zero-order chi connectivity index (χ0) is 14.8. The molecule has 7 heteroatoms. The van der Waals surface area contributed by atoms with Gasteiger partial charge in [0.25, 0.3) is 0 Å². The van der Waals surface area contributed by atoms with Crippen molar-refractivity contribution in [3.05, 3.63) is 18.3 Å². The van der Waals surface area contributed by atoms with Gasteiger partial charge in [-0.25, -0.2) is 13.4 Å². The second-order valence-electron chi connectivity index (χ2n) is 4.93. The van der Waals surface area contributed by atoms with Crippen molar-refractivity contribution < 1.29 is 13.2 Å². The number of rotatable bonds is 4. The van der Waals surface area contributed by atoms with Gasteiger partial charge in [-0.05, 0) is 25.5 Å². The summed E-state index contributed by atoms with van der Waals surface area (Å²) in [5.41, 5.74) is 0.878. The number of nitrogens with zero attached hydrogens (tertiary/aromatic N) is 2. The predicted molar refractivity (Wildman–Crippen MR) is 78.6 cm³/mol. The molecule has 2 heterocycles. The monoisotopic (exact) mass is 297 g/mol. The minimum Gasteiger partial charge on any atom is -0.367 e. The summed E-state index contributed by atoms with van der Waals surface area (Å²) in [6, 6.07) is 3.59. The van der Waals surface area contributed by atoms with Crippen LogP contribution in [-0.4, -0.2) is 43.4 Å².